The standard InChI is InChI=1S/C22H17NO5/c1-13-4-2-5-15(12-13)23-19(14-7-9-16(24)10-8-14)18(21(26)22(23)27)20(25)17-6-3-11-28-17/h2-12,19,24,26H,1H3. The van der Waals surface area contributed by atoms with Gasteiger partial charge >= 0.3 is 0 Å². The highest BCUT2D eigenvalue weighted by Crippen LogP contribution is 2.42. The Labute approximate surface area is 161 Å². The third-order valence-electron chi connectivity index (χ3n) is 4.69. The van der Waals surface area contributed by atoms with Gasteiger partial charge in [-0.05, 0) is 54.4 Å². The fraction of sp³-hybridized carbons (Fsp3) is 0.0909. The van der Waals surface area contributed by atoms with Gasteiger partial charge in [-0.2, -0.15) is 0 Å². The second-order valence-corrected chi connectivity index (χ2v) is 6.58. The van der Waals surface area contributed by atoms with Crippen LogP contribution in [0.25, 0.3) is 0 Å². The quantitative estimate of drug-likeness (QED) is 0.671. The van der Waals surface area contributed by atoms with Crippen molar-refractivity contribution < 1.29 is 24.2 Å². The molecule has 1 aromatic heterocycles. The molecule has 3 aromatic rings. The van der Waals surface area contributed by atoms with E-state index in [9.17, 15) is 19.8 Å². The SMILES string of the molecule is Cc1cccc(N2C(=O)C(O)=C(C(=O)c3ccco3)C2c2ccc(O)cc2)c1. The van der Waals surface area contributed by atoms with Crippen LogP contribution in [0, 0.1) is 6.92 Å². The van der Waals surface area contributed by atoms with E-state index < -0.39 is 23.5 Å². The minimum absolute atomic E-state index is 0.0317. The number of benzene rings is 2. The summed E-state index contributed by atoms with van der Waals surface area (Å²) >= 11 is 0. The predicted molar refractivity (Wildman–Crippen MR) is 102 cm³/mol. The molecule has 2 aromatic carbocycles. The van der Waals surface area contributed by atoms with Gasteiger partial charge in [-0.3, -0.25) is 14.5 Å². The number of hydrogen-bond donors (Lipinski definition) is 2. The lowest BCUT2D eigenvalue weighted by Crippen LogP contribution is -2.31. The minimum Gasteiger partial charge on any atom is -0.508 e. The second kappa shape index (κ2) is 6.74. The molecule has 0 saturated heterocycles. The maximum absolute atomic E-state index is 13.0. The van der Waals surface area contributed by atoms with Gasteiger partial charge in [-0.25, -0.2) is 0 Å². The molecule has 0 spiro atoms. The van der Waals surface area contributed by atoms with Crippen molar-refractivity contribution >= 4 is 17.4 Å². The van der Waals surface area contributed by atoms with Crippen molar-refractivity contribution in [3.8, 4) is 5.75 Å². The molecule has 6 heteroatoms. The summed E-state index contributed by atoms with van der Waals surface area (Å²) in [5.74, 6) is -1.75. The van der Waals surface area contributed by atoms with Crippen LogP contribution in [0.4, 0.5) is 5.69 Å². The van der Waals surface area contributed by atoms with Gasteiger partial charge in [0.15, 0.2) is 11.5 Å². The average Bonchev–Trinajstić information content (AvgIpc) is 3.30. The van der Waals surface area contributed by atoms with Crippen LogP contribution in [0.15, 0.2) is 82.7 Å². The van der Waals surface area contributed by atoms with E-state index in [0.29, 0.717) is 11.3 Å². The maximum atomic E-state index is 13.0. The van der Waals surface area contributed by atoms with E-state index >= 15 is 0 Å². The largest absolute Gasteiger partial charge is 0.508 e. The topological polar surface area (TPSA) is 91.0 Å². The predicted octanol–water partition coefficient (Wildman–Crippen LogP) is 4.08. The van der Waals surface area contributed by atoms with Crippen molar-refractivity contribution in [3.05, 3.63) is 95.1 Å². The number of phenols is 1. The molecule has 2 N–H and O–H groups in total. The molecule has 0 aliphatic carbocycles. The summed E-state index contributed by atoms with van der Waals surface area (Å²) in [5, 5.41) is 20.2. The Kier molecular flexibility index (Phi) is 4.24. The normalized spacial score (nSPS) is 16.7. The van der Waals surface area contributed by atoms with Crippen molar-refractivity contribution in [3.63, 3.8) is 0 Å². The number of aromatic hydroxyl groups is 1. The molecule has 6 nitrogen and oxygen atoms in total. The lowest BCUT2D eigenvalue weighted by atomic mass is 9.94. The van der Waals surface area contributed by atoms with Crippen molar-refractivity contribution in [1.29, 1.82) is 0 Å². The monoisotopic (exact) mass is 375 g/mol. The first kappa shape index (κ1) is 17.6. The third kappa shape index (κ3) is 2.85. The Balaban J connectivity index is 1.89. The van der Waals surface area contributed by atoms with Crippen LogP contribution in [0.5, 0.6) is 5.75 Å². The smallest absolute Gasteiger partial charge is 0.294 e. The molecule has 1 aliphatic rings. The Morgan fingerprint density at radius 3 is 2.43 bits per heavy atom. The van der Waals surface area contributed by atoms with Gasteiger partial charge < -0.3 is 14.6 Å². The second-order valence-electron chi connectivity index (χ2n) is 6.58. The van der Waals surface area contributed by atoms with E-state index in [-0.39, 0.29) is 17.1 Å². The first-order valence-electron chi connectivity index (χ1n) is 8.68. The number of hydrogen-bond acceptors (Lipinski definition) is 5. The Morgan fingerprint density at radius 2 is 1.79 bits per heavy atom. The molecule has 0 radical (unpaired) electrons. The van der Waals surface area contributed by atoms with E-state index in [1.54, 1.807) is 36.4 Å². The highest BCUT2D eigenvalue weighted by Gasteiger charge is 2.45. The van der Waals surface area contributed by atoms with Gasteiger partial charge in [0.2, 0.25) is 5.78 Å². The highest BCUT2D eigenvalue weighted by atomic mass is 16.3. The number of carbonyl (C=O) groups is 2. The summed E-state index contributed by atoms with van der Waals surface area (Å²) in [6.45, 7) is 1.89. The first-order chi connectivity index (χ1) is 13.5. The van der Waals surface area contributed by atoms with E-state index in [2.05, 4.69) is 0 Å². The molecule has 0 fully saturated rings. The molecular formula is C22H17NO5. The molecule has 4 rings (SSSR count). The van der Waals surface area contributed by atoms with E-state index in [0.717, 1.165) is 5.56 Å². The molecule has 140 valence electrons. The first-order valence-corrected chi connectivity index (χ1v) is 8.68. The van der Waals surface area contributed by atoms with Crippen LogP contribution < -0.4 is 4.90 Å². The molecule has 1 unspecified atom stereocenters. The molecule has 2 heterocycles. The van der Waals surface area contributed by atoms with Gasteiger partial charge in [-0.15, -0.1) is 0 Å². The van der Waals surface area contributed by atoms with Gasteiger partial charge in [0, 0.05) is 5.69 Å². The van der Waals surface area contributed by atoms with Crippen LogP contribution in [-0.2, 0) is 4.79 Å². The summed E-state index contributed by atoms with van der Waals surface area (Å²) in [7, 11) is 0. The van der Waals surface area contributed by atoms with Crippen LogP contribution in [-0.4, -0.2) is 21.9 Å². The summed E-state index contributed by atoms with van der Waals surface area (Å²) in [6, 6.07) is 15.6. The number of rotatable bonds is 4. The number of furan rings is 1. The van der Waals surface area contributed by atoms with E-state index in [1.807, 2.05) is 13.0 Å². The van der Waals surface area contributed by atoms with Crippen molar-refractivity contribution in [2.75, 3.05) is 4.90 Å². The highest BCUT2D eigenvalue weighted by molar-refractivity contribution is 6.20. The number of nitrogens with zero attached hydrogens (tertiary/aromatic N) is 1. The zero-order chi connectivity index (χ0) is 19.8. The number of carbonyl (C=O) groups excluding carboxylic acids is 2. The van der Waals surface area contributed by atoms with Gasteiger partial charge in [0.05, 0.1) is 17.9 Å². The van der Waals surface area contributed by atoms with Crippen molar-refractivity contribution in [1.82, 2.24) is 0 Å². The number of Topliss-reactive ketones (excluding diaryl/α,β-unsaturated/α-hetero) is 1. The summed E-state index contributed by atoms with van der Waals surface area (Å²) in [6.07, 6.45) is 1.36. The molecule has 0 saturated carbocycles. The average molecular weight is 375 g/mol. The van der Waals surface area contributed by atoms with Crippen molar-refractivity contribution in [2.24, 2.45) is 0 Å². The number of amides is 1. The van der Waals surface area contributed by atoms with Crippen molar-refractivity contribution in [2.45, 2.75) is 13.0 Å². The molecule has 0 bridgehead atoms. The number of aryl methyl sites for hydroxylation is 1. The van der Waals surface area contributed by atoms with Gasteiger partial charge in [-0.1, -0.05) is 24.3 Å². The zero-order valence-corrected chi connectivity index (χ0v) is 15.0. The molecule has 1 atom stereocenters. The van der Waals surface area contributed by atoms with E-state index in [1.165, 1.54) is 29.4 Å². The number of aliphatic hydroxyl groups excluding tert-OH is 1. The molecule has 28 heavy (non-hydrogen) atoms. The number of aliphatic hydroxyl groups is 1. The third-order valence-corrected chi connectivity index (χ3v) is 4.69. The van der Waals surface area contributed by atoms with Crippen LogP contribution >= 0.6 is 0 Å². The lowest BCUT2D eigenvalue weighted by Gasteiger charge is -2.27. The maximum Gasteiger partial charge on any atom is 0.294 e. The van der Waals surface area contributed by atoms with Crippen LogP contribution in [0.3, 0.4) is 0 Å². The Bertz CT molecular complexity index is 1080. The Morgan fingerprint density at radius 1 is 1.04 bits per heavy atom. The van der Waals surface area contributed by atoms with Gasteiger partial charge in [0.25, 0.3) is 5.91 Å². The summed E-state index contributed by atoms with van der Waals surface area (Å²) < 4.78 is 5.19. The molecular weight excluding hydrogens is 358 g/mol. The van der Waals surface area contributed by atoms with E-state index in [4.69, 9.17) is 4.42 Å². The summed E-state index contributed by atoms with van der Waals surface area (Å²) in [4.78, 5) is 27.3. The zero-order valence-electron chi connectivity index (χ0n) is 15.0. The number of ketones is 1. The summed E-state index contributed by atoms with van der Waals surface area (Å²) in [5.41, 5.74) is 2.00. The lowest BCUT2D eigenvalue weighted by molar-refractivity contribution is -0.117. The Hall–Kier alpha value is -3.80. The fourth-order valence-corrected chi connectivity index (χ4v) is 3.39. The van der Waals surface area contributed by atoms with Crippen LogP contribution in [0.1, 0.15) is 27.7 Å². The van der Waals surface area contributed by atoms with Crippen LogP contribution in [0.2, 0.25) is 0 Å². The minimum atomic E-state index is -0.854. The number of anilines is 1. The fourth-order valence-electron chi connectivity index (χ4n) is 3.39. The molecule has 1 amide bonds. The molecule has 1 aliphatic heterocycles. The van der Waals surface area contributed by atoms with Gasteiger partial charge in [0.1, 0.15) is 5.75 Å². The number of phenolic OH excluding ortho intramolecular Hbond substituents is 1.